The average Bonchev–Trinajstić information content (AvgIpc) is 2.55. The van der Waals surface area contributed by atoms with Gasteiger partial charge in [-0.25, -0.2) is 4.98 Å². The molecular weight excluding hydrogens is 278 g/mol. The Bertz CT molecular complexity index is 858. The Labute approximate surface area is 128 Å². The molecule has 1 atom stereocenters. The quantitative estimate of drug-likeness (QED) is 0.804. The topological polar surface area (TPSA) is 55.6 Å². The number of anilines is 1. The lowest BCUT2D eigenvalue weighted by Gasteiger charge is -2.17. The molecule has 0 spiro atoms. The number of nitrogens with zero attached hydrogens (tertiary/aromatic N) is 2. The average molecular weight is 295 g/mol. The van der Waals surface area contributed by atoms with Crippen LogP contribution in [0.15, 0.2) is 59.5 Å². The van der Waals surface area contributed by atoms with Crippen molar-refractivity contribution < 1.29 is 4.74 Å². The molecule has 0 bridgehead atoms. The second kappa shape index (κ2) is 5.89. The lowest BCUT2D eigenvalue weighted by Crippen LogP contribution is -2.17. The van der Waals surface area contributed by atoms with E-state index in [4.69, 9.17) is 4.74 Å². The van der Waals surface area contributed by atoms with E-state index in [1.54, 1.807) is 25.4 Å². The Hall–Kier alpha value is -2.82. The van der Waals surface area contributed by atoms with E-state index in [0.717, 1.165) is 11.3 Å². The number of fused-ring (bicyclic) bond motifs is 1. The van der Waals surface area contributed by atoms with Crippen molar-refractivity contribution in [2.75, 3.05) is 12.4 Å². The van der Waals surface area contributed by atoms with Gasteiger partial charge in [0, 0.05) is 17.8 Å². The highest BCUT2D eigenvalue weighted by Crippen LogP contribution is 2.26. The standard InChI is InChI=1S/C17H17N3O2/c1-12(13-7-3-4-8-14(13)22-2)18-15-11-17(21)20-10-6-5-9-16(20)19-15/h3-12,18H,1-2H3/t12-/m1/s1. The maximum atomic E-state index is 12.1. The van der Waals surface area contributed by atoms with Crippen LogP contribution in [-0.4, -0.2) is 16.5 Å². The van der Waals surface area contributed by atoms with Crippen LogP contribution < -0.4 is 15.6 Å². The number of benzene rings is 1. The zero-order valence-corrected chi connectivity index (χ0v) is 12.5. The Balaban J connectivity index is 1.94. The van der Waals surface area contributed by atoms with Crippen LogP contribution in [0.4, 0.5) is 5.82 Å². The first kappa shape index (κ1) is 14.1. The second-order valence-electron chi connectivity index (χ2n) is 5.02. The molecule has 3 aromatic rings. The van der Waals surface area contributed by atoms with E-state index < -0.39 is 0 Å². The molecule has 112 valence electrons. The van der Waals surface area contributed by atoms with Crippen molar-refractivity contribution in [1.29, 1.82) is 0 Å². The second-order valence-corrected chi connectivity index (χ2v) is 5.02. The van der Waals surface area contributed by atoms with Crippen molar-refractivity contribution in [3.05, 3.63) is 70.6 Å². The molecular formula is C17H17N3O2. The molecule has 0 radical (unpaired) electrons. The van der Waals surface area contributed by atoms with Crippen molar-refractivity contribution in [3.8, 4) is 5.75 Å². The van der Waals surface area contributed by atoms with E-state index in [9.17, 15) is 4.79 Å². The molecule has 0 fully saturated rings. The van der Waals surface area contributed by atoms with Crippen LogP contribution in [0.25, 0.3) is 5.65 Å². The maximum absolute atomic E-state index is 12.1. The molecule has 0 unspecified atom stereocenters. The fraction of sp³-hybridized carbons (Fsp3) is 0.176. The predicted octanol–water partition coefficient (Wildman–Crippen LogP) is 2.88. The van der Waals surface area contributed by atoms with Crippen LogP contribution in [0.5, 0.6) is 5.75 Å². The number of pyridine rings is 1. The molecule has 5 nitrogen and oxygen atoms in total. The van der Waals surface area contributed by atoms with Gasteiger partial charge in [0.1, 0.15) is 17.2 Å². The van der Waals surface area contributed by atoms with Crippen LogP contribution in [0.1, 0.15) is 18.5 Å². The number of hydrogen-bond donors (Lipinski definition) is 1. The van der Waals surface area contributed by atoms with Gasteiger partial charge < -0.3 is 10.1 Å². The van der Waals surface area contributed by atoms with Crippen molar-refractivity contribution in [1.82, 2.24) is 9.38 Å². The monoisotopic (exact) mass is 295 g/mol. The van der Waals surface area contributed by atoms with Gasteiger partial charge in [0.25, 0.3) is 5.56 Å². The normalized spacial score (nSPS) is 12.1. The minimum Gasteiger partial charge on any atom is -0.496 e. The highest BCUT2D eigenvalue weighted by molar-refractivity contribution is 5.48. The Morgan fingerprint density at radius 3 is 2.77 bits per heavy atom. The molecule has 5 heteroatoms. The first-order valence-electron chi connectivity index (χ1n) is 7.07. The molecule has 3 rings (SSSR count). The fourth-order valence-corrected chi connectivity index (χ4v) is 2.45. The van der Waals surface area contributed by atoms with Crippen LogP contribution in [0, 0.1) is 0 Å². The van der Waals surface area contributed by atoms with Gasteiger partial charge >= 0.3 is 0 Å². The summed E-state index contributed by atoms with van der Waals surface area (Å²) >= 11 is 0. The Morgan fingerprint density at radius 1 is 1.18 bits per heavy atom. The lowest BCUT2D eigenvalue weighted by molar-refractivity contribution is 0.408. The van der Waals surface area contributed by atoms with Gasteiger partial charge in [-0.2, -0.15) is 0 Å². The third-order valence-electron chi connectivity index (χ3n) is 3.54. The number of methoxy groups -OCH3 is 1. The van der Waals surface area contributed by atoms with Gasteiger partial charge in [0.05, 0.1) is 13.2 Å². The molecule has 1 N–H and O–H groups in total. The van der Waals surface area contributed by atoms with E-state index in [1.165, 1.54) is 10.5 Å². The number of nitrogens with one attached hydrogen (secondary N) is 1. The van der Waals surface area contributed by atoms with Crippen molar-refractivity contribution >= 4 is 11.5 Å². The molecule has 0 amide bonds. The smallest absolute Gasteiger partial charge is 0.259 e. The zero-order valence-electron chi connectivity index (χ0n) is 12.5. The molecule has 2 aromatic heterocycles. The molecule has 0 aliphatic rings. The van der Waals surface area contributed by atoms with Crippen molar-refractivity contribution in [3.63, 3.8) is 0 Å². The van der Waals surface area contributed by atoms with Crippen LogP contribution in [-0.2, 0) is 0 Å². The summed E-state index contributed by atoms with van der Waals surface area (Å²) in [5.41, 5.74) is 1.52. The van der Waals surface area contributed by atoms with E-state index in [1.807, 2.05) is 37.3 Å². The molecule has 0 aliphatic carbocycles. The van der Waals surface area contributed by atoms with Crippen molar-refractivity contribution in [2.45, 2.75) is 13.0 Å². The van der Waals surface area contributed by atoms with Gasteiger partial charge in [0.15, 0.2) is 0 Å². The number of aromatic nitrogens is 2. The molecule has 0 saturated carbocycles. The highest BCUT2D eigenvalue weighted by Gasteiger charge is 2.12. The van der Waals surface area contributed by atoms with Gasteiger partial charge in [-0.15, -0.1) is 0 Å². The summed E-state index contributed by atoms with van der Waals surface area (Å²) in [7, 11) is 1.65. The van der Waals surface area contributed by atoms with Crippen LogP contribution in [0.2, 0.25) is 0 Å². The minimum absolute atomic E-state index is 0.0331. The molecule has 2 heterocycles. The number of para-hydroxylation sites is 1. The third-order valence-corrected chi connectivity index (χ3v) is 3.54. The largest absolute Gasteiger partial charge is 0.496 e. The van der Waals surface area contributed by atoms with Gasteiger partial charge in [-0.3, -0.25) is 9.20 Å². The summed E-state index contributed by atoms with van der Waals surface area (Å²) in [4.78, 5) is 16.6. The number of rotatable bonds is 4. The molecule has 22 heavy (non-hydrogen) atoms. The summed E-state index contributed by atoms with van der Waals surface area (Å²) in [6.07, 6.45) is 1.71. The molecule has 0 aliphatic heterocycles. The fourth-order valence-electron chi connectivity index (χ4n) is 2.45. The lowest BCUT2D eigenvalue weighted by atomic mass is 10.1. The van der Waals surface area contributed by atoms with E-state index >= 15 is 0 Å². The summed E-state index contributed by atoms with van der Waals surface area (Å²) in [6, 6.07) is 14.7. The van der Waals surface area contributed by atoms with E-state index in [-0.39, 0.29) is 11.6 Å². The Morgan fingerprint density at radius 2 is 1.95 bits per heavy atom. The SMILES string of the molecule is COc1ccccc1[C@@H](C)Nc1cc(=O)n2ccccc2n1. The maximum Gasteiger partial charge on any atom is 0.259 e. The summed E-state index contributed by atoms with van der Waals surface area (Å²) < 4.78 is 6.88. The van der Waals surface area contributed by atoms with Crippen LogP contribution in [0.3, 0.4) is 0 Å². The highest BCUT2D eigenvalue weighted by atomic mass is 16.5. The first-order chi connectivity index (χ1) is 10.7. The summed E-state index contributed by atoms with van der Waals surface area (Å²) in [5, 5.41) is 3.26. The van der Waals surface area contributed by atoms with Gasteiger partial charge in [-0.05, 0) is 25.1 Å². The van der Waals surface area contributed by atoms with Gasteiger partial charge in [-0.1, -0.05) is 24.3 Å². The first-order valence-corrected chi connectivity index (χ1v) is 7.07. The van der Waals surface area contributed by atoms with E-state index in [2.05, 4.69) is 10.3 Å². The third kappa shape index (κ3) is 2.65. The number of ether oxygens (including phenoxy) is 1. The zero-order chi connectivity index (χ0) is 15.5. The summed E-state index contributed by atoms with van der Waals surface area (Å²) in [5.74, 6) is 1.36. The minimum atomic E-state index is -0.111. The number of hydrogen-bond acceptors (Lipinski definition) is 4. The Kier molecular flexibility index (Phi) is 3.78. The molecule has 0 saturated heterocycles. The van der Waals surface area contributed by atoms with Crippen LogP contribution >= 0.6 is 0 Å². The molecule has 1 aromatic carbocycles. The summed E-state index contributed by atoms with van der Waals surface area (Å²) in [6.45, 7) is 2.01. The predicted molar refractivity (Wildman–Crippen MR) is 86.5 cm³/mol. The van der Waals surface area contributed by atoms with Crippen molar-refractivity contribution in [2.24, 2.45) is 0 Å². The van der Waals surface area contributed by atoms with E-state index in [0.29, 0.717) is 11.5 Å². The van der Waals surface area contributed by atoms with Gasteiger partial charge in [0.2, 0.25) is 0 Å².